The first-order valence-corrected chi connectivity index (χ1v) is 9.08. The van der Waals surface area contributed by atoms with E-state index in [1.165, 1.54) is 39.7 Å². The lowest BCUT2D eigenvalue weighted by Gasteiger charge is -2.15. The molecule has 0 saturated carbocycles. The molecule has 0 atom stereocenters. The van der Waals surface area contributed by atoms with Crippen LogP contribution in [0.25, 0.3) is 0 Å². The van der Waals surface area contributed by atoms with Gasteiger partial charge in [0, 0.05) is 5.56 Å². The summed E-state index contributed by atoms with van der Waals surface area (Å²) < 4.78 is 21.1. The molecule has 0 spiro atoms. The zero-order valence-corrected chi connectivity index (χ0v) is 16.9. The van der Waals surface area contributed by atoms with Crippen LogP contribution in [0.3, 0.4) is 0 Å². The van der Waals surface area contributed by atoms with Gasteiger partial charge in [-0.1, -0.05) is 12.1 Å². The first-order valence-electron chi connectivity index (χ1n) is 9.08. The van der Waals surface area contributed by atoms with Gasteiger partial charge >= 0.3 is 0 Å². The van der Waals surface area contributed by atoms with Gasteiger partial charge in [0.15, 0.2) is 11.5 Å². The third-order valence-electron chi connectivity index (χ3n) is 4.35. The van der Waals surface area contributed by atoms with Crippen molar-refractivity contribution in [2.45, 2.75) is 6.54 Å². The minimum Gasteiger partial charge on any atom is -0.493 e. The fourth-order valence-corrected chi connectivity index (χ4v) is 2.87. The van der Waals surface area contributed by atoms with Gasteiger partial charge in [0.05, 0.1) is 45.4 Å². The van der Waals surface area contributed by atoms with Crippen molar-refractivity contribution in [1.82, 2.24) is 5.32 Å². The van der Waals surface area contributed by atoms with Gasteiger partial charge in [0.1, 0.15) is 5.76 Å². The van der Waals surface area contributed by atoms with Gasteiger partial charge in [-0.05, 0) is 36.4 Å². The van der Waals surface area contributed by atoms with Crippen LogP contribution in [0.1, 0.15) is 26.5 Å². The van der Waals surface area contributed by atoms with Crippen molar-refractivity contribution < 1.29 is 28.2 Å². The Morgan fingerprint density at radius 3 is 2.20 bits per heavy atom. The van der Waals surface area contributed by atoms with E-state index in [9.17, 15) is 9.59 Å². The van der Waals surface area contributed by atoms with Gasteiger partial charge in [-0.3, -0.25) is 9.59 Å². The Balaban J connectivity index is 1.81. The first-order chi connectivity index (χ1) is 14.6. The highest BCUT2D eigenvalue weighted by atomic mass is 16.5. The van der Waals surface area contributed by atoms with Crippen LogP contribution < -0.4 is 24.8 Å². The highest BCUT2D eigenvalue weighted by Crippen LogP contribution is 2.38. The SMILES string of the molecule is COc1cc(C(=O)Nc2ccccc2C(=O)NCc2ccco2)cc(OC)c1OC. The second kappa shape index (κ2) is 9.51. The van der Waals surface area contributed by atoms with E-state index in [2.05, 4.69) is 10.6 Å². The highest BCUT2D eigenvalue weighted by molar-refractivity contribution is 6.09. The monoisotopic (exact) mass is 410 g/mol. The number of hydrogen-bond acceptors (Lipinski definition) is 6. The number of para-hydroxylation sites is 1. The first kappa shape index (κ1) is 20.8. The molecule has 0 unspecified atom stereocenters. The molecule has 8 heteroatoms. The quantitative estimate of drug-likeness (QED) is 0.590. The Bertz CT molecular complexity index is 1000. The molecule has 0 bridgehead atoms. The summed E-state index contributed by atoms with van der Waals surface area (Å²) in [6.07, 6.45) is 1.53. The zero-order chi connectivity index (χ0) is 21.5. The van der Waals surface area contributed by atoms with Crippen molar-refractivity contribution in [2.75, 3.05) is 26.6 Å². The Hall–Kier alpha value is -3.94. The van der Waals surface area contributed by atoms with Gasteiger partial charge in [-0.2, -0.15) is 0 Å². The Labute approximate surface area is 173 Å². The maximum absolute atomic E-state index is 12.9. The average Bonchev–Trinajstić information content (AvgIpc) is 3.30. The van der Waals surface area contributed by atoms with Gasteiger partial charge in [-0.25, -0.2) is 0 Å². The number of carbonyl (C=O) groups excluding carboxylic acids is 2. The summed E-state index contributed by atoms with van der Waals surface area (Å²) in [6, 6.07) is 13.3. The zero-order valence-electron chi connectivity index (χ0n) is 16.9. The molecule has 0 aliphatic carbocycles. The van der Waals surface area contributed by atoms with Gasteiger partial charge in [0.25, 0.3) is 11.8 Å². The molecule has 2 aromatic carbocycles. The lowest BCUT2D eigenvalue weighted by atomic mass is 10.1. The summed E-state index contributed by atoms with van der Waals surface area (Å²) in [5.74, 6) is 0.947. The van der Waals surface area contributed by atoms with E-state index in [1.807, 2.05) is 0 Å². The standard InChI is InChI=1S/C22H22N2O6/c1-27-18-11-14(12-19(28-2)20(18)29-3)21(25)24-17-9-5-4-8-16(17)22(26)23-13-15-7-6-10-30-15/h4-12H,13H2,1-3H3,(H,23,26)(H,24,25). The van der Waals surface area contributed by atoms with Crippen LogP contribution in [0.15, 0.2) is 59.2 Å². The maximum Gasteiger partial charge on any atom is 0.255 e. The number of rotatable bonds is 8. The van der Waals surface area contributed by atoms with E-state index in [0.717, 1.165) is 0 Å². The minimum atomic E-state index is -0.430. The lowest BCUT2D eigenvalue weighted by Crippen LogP contribution is -2.24. The van der Waals surface area contributed by atoms with Crippen molar-refractivity contribution in [2.24, 2.45) is 0 Å². The lowest BCUT2D eigenvalue weighted by molar-refractivity contribution is 0.0949. The number of hydrogen-bond donors (Lipinski definition) is 2. The molecule has 1 aromatic heterocycles. The number of furan rings is 1. The molecule has 3 rings (SSSR count). The third-order valence-corrected chi connectivity index (χ3v) is 4.35. The molecule has 30 heavy (non-hydrogen) atoms. The van der Waals surface area contributed by atoms with E-state index in [0.29, 0.717) is 34.3 Å². The molecule has 2 N–H and O–H groups in total. The number of anilines is 1. The summed E-state index contributed by atoms with van der Waals surface area (Å²) >= 11 is 0. The molecule has 156 valence electrons. The Kier molecular flexibility index (Phi) is 6.59. The molecule has 0 aliphatic heterocycles. The van der Waals surface area contributed by atoms with Gasteiger partial charge < -0.3 is 29.3 Å². The Morgan fingerprint density at radius 2 is 1.60 bits per heavy atom. The second-order valence-corrected chi connectivity index (χ2v) is 6.18. The van der Waals surface area contributed by atoms with Crippen LogP contribution in [-0.2, 0) is 6.54 Å². The van der Waals surface area contributed by atoms with E-state index < -0.39 is 5.91 Å². The molecule has 0 aliphatic rings. The highest BCUT2D eigenvalue weighted by Gasteiger charge is 2.19. The topological polar surface area (TPSA) is 99.0 Å². The van der Waals surface area contributed by atoms with Gasteiger partial charge in [0.2, 0.25) is 5.75 Å². The molecule has 1 heterocycles. The van der Waals surface area contributed by atoms with Crippen LogP contribution in [0, 0.1) is 0 Å². The van der Waals surface area contributed by atoms with Crippen molar-refractivity contribution in [3.63, 3.8) is 0 Å². The second-order valence-electron chi connectivity index (χ2n) is 6.18. The molecule has 0 fully saturated rings. The van der Waals surface area contributed by atoms with Crippen LogP contribution in [0.2, 0.25) is 0 Å². The number of ether oxygens (including phenoxy) is 3. The van der Waals surface area contributed by atoms with Crippen molar-refractivity contribution in [3.05, 3.63) is 71.7 Å². The number of carbonyl (C=O) groups is 2. The number of amides is 2. The fourth-order valence-electron chi connectivity index (χ4n) is 2.87. The van der Waals surface area contributed by atoms with Crippen molar-refractivity contribution in [3.8, 4) is 17.2 Å². The van der Waals surface area contributed by atoms with Crippen LogP contribution in [0.4, 0.5) is 5.69 Å². The van der Waals surface area contributed by atoms with E-state index in [4.69, 9.17) is 18.6 Å². The summed E-state index contributed by atoms with van der Waals surface area (Å²) in [4.78, 5) is 25.5. The summed E-state index contributed by atoms with van der Waals surface area (Å²) in [5.41, 5.74) is 0.980. The molecule has 3 aromatic rings. The average molecular weight is 410 g/mol. The molecular formula is C22H22N2O6. The summed E-state index contributed by atoms with van der Waals surface area (Å²) in [5, 5.41) is 5.53. The molecule has 0 saturated heterocycles. The number of methoxy groups -OCH3 is 3. The largest absolute Gasteiger partial charge is 0.493 e. The molecule has 8 nitrogen and oxygen atoms in total. The Morgan fingerprint density at radius 1 is 0.900 bits per heavy atom. The summed E-state index contributed by atoms with van der Waals surface area (Å²) in [7, 11) is 4.42. The van der Waals surface area contributed by atoms with Crippen molar-refractivity contribution >= 4 is 17.5 Å². The normalized spacial score (nSPS) is 10.2. The number of benzene rings is 2. The summed E-state index contributed by atoms with van der Waals surface area (Å²) in [6.45, 7) is 0.237. The van der Waals surface area contributed by atoms with E-state index >= 15 is 0 Å². The minimum absolute atomic E-state index is 0.237. The van der Waals surface area contributed by atoms with Crippen LogP contribution >= 0.6 is 0 Å². The molecule has 2 amide bonds. The van der Waals surface area contributed by atoms with Crippen molar-refractivity contribution in [1.29, 1.82) is 0 Å². The smallest absolute Gasteiger partial charge is 0.255 e. The predicted octanol–water partition coefficient (Wildman–Crippen LogP) is 3.49. The third kappa shape index (κ3) is 4.54. The molecule has 0 radical (unpaired) electrons. The van der Waals surface area contributed by atoms with Gasteiger partial charge in [-0.15, -0.1) is 0 Å². The maximum atomic E-state index is 12.9. The molecular weight excluding hydrogens is 388 g/mol. The van der Waals surface area contributed by atoms with Crippen LogP contribution in [-0.4, -0.2) is 33.1 Å². The fraction of sp³-hybridized carbons (Fsp3) is 0.182. The number of nitrogens with one attached hydrogen (secondary N) is 2. The predicted molar refractivity (Wildman–Crippen MR) is 110 cm³/mol. The van der Waals surface area contributed by atoms with E-state index in [-0.39, 0.29) is 18.0 Å². The van der Waals surface area contributed by atoms with Crippen LogP contribution in [0.5, 0.6) is 17.2 Å². The van der Waals surface area contributed by atoms with E-state index in [1.54, 1.807) is 36.4 Å².